The van der Waals surface area contributed by atoms with Gasteiger partial charge in [-0.15, -0.1) is 0 Å². The highest BCUT2D eigenvalue weighted by Crippen LogP contribution is 2.29. The van der Waals surface area contributed by atoms with Crippen molar-refractivity contribution in [3.63, 3.8) is 0 Å². The zero-order valence-electron chi connectivity index (χ0n) is 20.1. The fourth-order valence-electron chi connectivity index (χ4n) is 4.68. The number of H-pyrrole nitrogens is 1. The van der Waals surface area contributed by atoms with E-state index in [2.05, 4.69) is 10.3 Å². The van der Waals surface area contributed by atoms with Crippen molar-refractivity contribution >= 4 is 12.0 Å². The second-order valence-electron chi connectivity index (χ2n) is 9.05. The minimum absolute atomic E-state index is 0.0123. The first kappa shape index (κ1) is 24.3. The molecule has 184 valence electrons. The van der Waals surface area contributed by atoms with Crippen LogP contribution in [0.15, 0.2) is 60.8 Å². The van der Waals surface area contributed by atoms with Crippen molar-refractivity contribution in [1.29, 1.82) is 0 Å². The van der Waals surface area contributed by atoms with E-state index in [-0.39, 0.29) is 23.9 Å². The van der Waals surface area contributed by atoms with E-state index in [9.17, 15) is 14.7 Å². The van der Waals surface area contributed by atoms with Crippen LogP contribution in [0.25, 0.3) is 11.3 Å². The number of amides is 2. The Kier molecular flexibility index (Phi) is 7.70. The summed E-state index contributed by atoms with van der Waals surface area (Å²) < 4.78 is 5.33. The van der Waals surface area contributed by atoms with Gasteiger partial charge in [0.1, 0.15) is 11.6 Å². The van der Waals surface area contributed by atoms with E-state index in [1.807, 2.05) is 60.8 Å². The third kappa shape index (κ3) is 6.01. The Morgan fingerprint density at radius 1 is 1.14 bits per heavy atom. The fraction of sp³-hybridized carbons (Fsp3) is 0.370. The number of carbonyl (C=O) groups excluding carboxylic acids is 1. The third-order valence-electron chi connectivity index (χ3n) is 6.81. The van der Waals surface area contributed by atoms with E-state index in [4.69, 9.17) is 9.72 Å². The van der Waals surface area contributed by atoms with Crippen LogP contribution in [0.5, 0.6) is 5.75 Å². The fourth-order valence-corrected chi connectivity index (χ4v) is 4.68. The summed E-state index contributed by atoms with van der Waals surface area (Å²) in [4.78, 5) is 33.9. The molecule has 3 aromatic rings. The average molecular weight is 477 g/mol. The number of carboxylic acid groups (broad SMARTS) is 1. The Balaban J connectivity index is 1.49. The second kappa shape index (κ2) is 11.1. The van der Waals surface area contributed by atoms with Gasteiger partial charge in [0, 0.05) is 30.8 Å². The molecule has 0 unspecified atom stereocenters. The first-order valence-corrected chi connectivity index (χ1v) is 11.9. The lowest BCUT2D eigenvalue weighted by Crippen LogP contribution is -2.42. The minimum atomic E-state index is -0.925. The molecule has 2 aromatic carbocycles. The molecule has 0 bridgehead atoms. The molecule has 0 spiro atoms. The Hall–Kier alpha value is -3.81. The lowest BCUT2D eigenvalue weighted by Gasteiger charge is -2.33. The predicted molar refractivity (Wildman–Crippen MR) is 133 cm³/mol. The number of carbonyl (C=O) groups is 2. The van der Waals surface area contributed by atoms with Crippen molar-refractivity contribution in [2.24, 2.45) is 5.92 Å². The molecule has 1 atom stereocenters. The molecular weight excluding hydrogens is 444 g/mol. The van der Waals surface area contributed by atoms with Gasteiger partial charge in [0.15, 0.2) is 0 Å². The molecule has 3 N–H and O–H groups in total. The summed E-state index contributed by atoms with van der Waals surface area (Å²) in [5.74, 6) is 1.30. The quantitative estimate of drug-likeness (QED) is 0.439. The number of benzene rings is 2. The summed E-state index contributed by atoms with van der Waals surface area (Å²) in [7, 11) is 3.23. The van der Waals surface area contributed by atoms with E-state index < -0.39 is 6.09 Å². The van der Waals surface area contributed by atoms with Crippen molar-refractivity contribution in [2.75, 3.05) is 14.2 Å². The van der Waals surface area contributed by atoms with Gasteiger partial charge in [-0.05, 0) is 49.8 Å². The number of nitrogens with one attached hydrogen (secondary N) is 2. The van der Waals surface area contributed by atoms with Crippen LogP contribution in [-0.2, 0) is 11.2 Å². The number of nitrogens with zero attached hydrogens (tertiary/aromatic N) is 2. The molecule has 1 heterocycles. The van der Waals surface area contributed by atoms with E-state index in [1.165, 1.54) is 4.90 Å². The van der Waals surface area contributed by atoms with Gasteiger partial charge in [0.2, 0.25) is 5.91 Å². The van der Waals surface area contributed by atoms with Crippen LogP contribution in [0.4, 0.5) is 4.79 Å². The third-order valence-corrected chi connectivity index (χ3v) is 6.81. The lowest BCUT2D eigenvalue weighted by molar-refractivity contribution is -0.127. The van der Waals surface area contributed by atoms with Crippen LogP contribution in [0.2, 0.25) is 0 Å². The maximum atomic E-state index is 13.2. The van der Waals surface area contributed by atoms with Gasteiger partial charge in [-0.2, -0.15) is 0 Å². The SMILES string of the molecule is COc1cccc(-c2c[nH]c([C@H](Cc3ccccc3)NC(=O)[C@H]3CC[C@H](N(C)C(=O)O)CC3)n2)c1. The molecule has 2 amide bonds. The lowest BCUT2D eigenvalue weighted by atomic mass is 9.84. The summed E-state index contributed by atoms with van der Waals surface area (Å²) in [6.45, 7) is 0. The number of aromatic nitrogens is 2. The van der Waals surface area contributed by atoms with Crippen molar-refractivity contribution in [3.8, 4) is 17.0 Å². The predicted octanol–water partition coefficient (Wildman–Crippen LogP) is 4.65. The maximum Gasteiger partial charge on any atom is 0.407 e. The van der Waals surface area contributed by atoms with Gasteiger partial charge in [-0.1, -0.05) is 42.5 Å². The number of aromatic amines is 1. The number of imidazole rings is 1. The van der Waals surface area contributed by atoms with E-state index in [1.54, 1.807) is 14.2 Å². The Morgan fingerprint density at radius 2 is 1.89 bits per heavy atom. The molecule has 1 fully saturated rings. The molecule has 35 heavy (non-hydrogen) atoms. The first-order chi connectivity index (χ1) is 16.9. The van der Waals surface area contributed by atoms with Crippen molar-refractivity contribution < 1.29 is 19.4 Å². The van der Waals surface area contributed by atoms with Gasteiger partial charge in [-0.25, -0.2) is 9.78 Å². The van der Waals surface area contributed by atoms with Crippen molar-refractivity contribution in [3.05, 3.63) is 72.2 Å². The van der Waals surface area contributed by atoms with Gasteiger partial charge < -0.3 is 25.0 Å². The molecular formula is C27H32N4O4. The summed E-state index contributed by atoms with van der Waals surface area (Å²) in [6, 6.07) is 17.4. The minimum Gasteiger partial charge on any atom is -0.497 e. The Labute approximate surface area is 205 Å². The molecule has 0 radical (unpaired) electrons. The summed E-state index contributed by atoms with van der Waals surface area (Å²) in [6.07, 6.45) is 4.23. The maximum absolute atomic E-state index is 13.2. The molecule has 8 heteroatoms. The number of hydrogen-bond acceptors (Lipinski definition) is 4. The average Bonchev–Trinajstić information content (AvgIpc) is 3.39. The molecule has 1 aliphatic carbocycles. The van der Waals surface area contributed by atoms with Crippen LogP contribution < -0.4 is 10.1 Å². The van der Waals surface area contributed by atoms with E-state index >= 15 is 0 Å². The van der Waals surface area contributed by atoms with Crippen LogP contribution in [-0.4, -0.2) is 52.2 Å². The monoisotopic (exact) mass is 476 g/mol. The summed E-state index contributed by atoms with van der Waals surface area (Å²) >= 11 is 0. The first-order valence-electron chi connectivity index (χ1n) is 11.9. The molecule has 1 saturated carbocycles. The van der Waals surface area contributed by atoms with Crippen molar-refractivity contribution in [1.82, 2.24) is 20.2 Å². The van der Waals surface area contributed by atoms with Gasteiger partial charge in [-0.3, -0.25) is 4.79 Å². The van der Waals surface area contributed by atoms with E-state index in [0.717, 1.165) is 22.6 Å². The van der Waals surface area contributed by atoms with Gasteiger partial charge in [0.05, 0.1) is 18.8 Å². The number of hydrogen-bond donors (Lipinski definition) is 3. The Morgan fingerprint density at radius 3 is 2.57 bits per heavy atom. The van der Waals surface area contributed by atoms with Gasteiger partial charge >= 0.3 is 6.09 Å². The second-order valence-corrected chi connectivity index (χ2v) is 9.05. The topological polar surface area (TPSA) is 108 Å². The largest absolute Gasteiger partial charge is 0.497 e. The highest BCUT2D eigenvalue weighted by Gasteiger charge is 2.31. The summed E-state index contributed by atoms with van der Waals surface area (Å²) in [5, 5.41) is 12.5. The van der Waals surface area contributed by atoms with Crippen LogP contribution in [0.3, 0.4) is 0 Å². The van der Waals surface area contributed by atoms with Crippen LogP contribution in [0, 0.1) is 5.92 Å². The normalized spacial score (nSPS) is 18.5. The zero-order chi connectivity index (χ0) is 24.8. The molecule has 0 saturated heterocycles. The highest BCUT2D eigenvalue weighted by atomic mass is 16.5. The number of methoxy groups -OCH3 is 1. The molecule has 1 aromatic heterocycles. The molecule has 4 rings (SSSR count). The summed E-state index contributed by atoms with van der Waals surface area (Å²) in [5.41, 5.74) is 2.81. The van der Waals surface area contributed by atoms with Crippen LogP contribution in [0.1, 0.15) is 43.1 Å². The van der Waals surface area contributed by atoms with Crippen LogP contribution >= 0.6 is 0 Å². The van der Waals surface area contributed by atoms with Crippen molar-refractivity contribution in [2.45, 2.75) is 44.2 Å². The number of ether oxygens (including phenoxy) is 1. The zero-order valence-corrected chi connectivity index (χ0v) is 20.1. The smallest absolute Gasteiger partial charge is 0.407 e. The molecule has 8 nitrogen and oxygen atoms in total. The highest BCUT2D eigenvalue weighted by molar-refractivity contribution is 5.79. The molecule has 0 aliphatic heterocycles. The number of rotatable bonds is 8. The Bertz CT molecular complexity index is 1140. The standard InChI is InChI=1S/C27H32N4O4/c1-31(27(33)34)21-13-11-19(12-14-21)26(32)30-23(15-18-7-4-3-5-8-18)25-28-17-24(29-25)20-9-6-10-22(16-20)35-2/h3-10,16-17,19,21,23H,11-15H2,1-2H3,(H,28,29)(H,30,32)(H,33,34)/t19-,21-,23-/m0/s1. The van der Waals surface area contributed by atoms with E-state index in [0.29, 0.717) is 37.9 Å². The van der Waals surface area contributed by atoms with Gasteiger partial charge in [0.25, 0.3) is 0 Å². The molecule has 1 aliphatic rings.